The molecule has 7 heteroatoms. The predicted octanol–water partition coefficient (Wildman–Crippen LogP) is 5.87. The fourth-order valence-corrected chi connectivity index (χ4v) is 2.57. The van der Waals surface area contributed by atoms with E-state index in [0.717, 1.165) is 12.1 Å². The maximum absolute atomic E-state index is 13.3. The first-order valence-electron chi connectivity index (χ1n) is 5.81. The fourth-order valence-electron chi connectivity index (χ4n) is 1.75. The summed E-state index contributed by atoms with van der Waals surface area (Å²) in [7, 11) is 0. The smallest absolute Gasteiger partial charge is 0.380 e. The molecule has 0 unspecified atom stereocenters. The lowest BCUT2D eigenvalue weighted by molar-refractivity contribution is -0.137. The standard InChI is InChI=1S/C14H9BrClF4N/c15-12-6-10(16)1-2-13(12)21-7-8-3-9(14(18,19)20)5-11(17)4-8/h1-6,21H,7H2. The largest absolute Gasteiger partial charge is 0.416 e. The molecular formula is C14H9BrClF4N. The molecule has 0 radical (unpaired) electrons. The van der Waals surface area contributed by atoms with Gasteiger partial charge in [-0.3, -0.25) is 0 Å². The van der Waals surface area contributed by atoms with E-state index in [4.69, 9.17) is 11.6 Å². The lowest BCUT2D eigenvalue weighted by Crippen LogP contribution is -2.08. The maximum Gasteiger partial charge on any atom is 0.416 e. The highest BCUT2D eigenvalue weighted by Gasteiger charge is 2.31. The summed E-state index contributed by atoms with van der Waals surface area (Å²) >= 11 is 9.07. The number of nitrogens with one attached hydrogen (secondary N) is 1. The van der Waals surface area contributed by atoms with Gasteiger partial charge in [0.05, 0.1) is 5.56 Å². The Morgan fingerprint density at radius 2 is 1.81 bits per heavy atom. The van der Waals surface area contributed by atoms with Crippen LogP contribution in [0.3, 0.4) is 0 Å². The molecule has 0 aliphatic heterocycles. The minimum Gasteiger partial charge on any atom is -0.380 e. The van der Waals surface area contributed by atoms with E-state index in [1.54, 1.807) is 18.2 Å². The van der Waals surface area contributed by atoms with Gasteiger partial charge in [-0.1, -0.05) is 11.6 Å². The molecule has 0 spiro atoms. The Morgan fingerprint density at radius 3 is 2.43 bits per heavy atom. The summed E-state index contributed by atoms with van der Waals surface area (Å²) in [4.78, 5) is 0. The zero-order valence-electron chi connectivity index (χ0n) is 10.4. The maximum atomic E-state index is 13.3. The number of hydrogen-bond donors (Lipinski definition) is 1. The van der Waals surface area contributed by atoms with E-state index in [0.29, 0.717) is 21.2 Å². The Morgan fingerprint density at radius 1 is 1.10 bits per heavy atom. The van der Waals surface area contributed by atoms with Crippen molar-refractivity contribution in [2.45, 2.75) is 12.7 Å². The van der Waals surface area contributed by atoms with Crippen LogP contribution in [-0.2, 0) is 12.7 Å². The first-order valence-corrected chi connectivity index (χ1v) is 6.98. The van der Waals surface area contributed by atoms with Gasteiger partial charge in [0.25, 0.3) is 0 Å². The highest BCUT2D eigenvalue weighted by Crippen LogP contribution is 2.31. The van der Waals surface area contributed by atoms with Crippen LogP contribution < -0.4 is 5.32 Å². The van der Waals surface area contributed by atoms with Crippen molar-refractivity contribution in [1.82, 2.24) is 0 Å². The Bertz CT molecular complexity index is 658. The second-order valence-electron chi connectivity index (χ2n) is 4.32. The summed E-state index contributed by atoms with van der Waals surface area (Å²) in [5.41, 5.74) is -0.157. The number of alkyl halides is 3. The van der Waals surface area contributed by atoms with Crippen LogP contribution >= 0.6 is 27.5 Å². The molecule has 2 rings (SSSR count). The summed E-state index contributed by atoms with van der Waals surface area (Å²) < 4.78 is 51.8. The van der Waals surface area contributed by atoms with Gasteiger partial charge in [0, 0.05) is 21.7 Å². The van der Waals surface area contributed by atoms with Gasteiger partial charge < -0.3 is 5.32 Å². The molecule has 0 aliphatic carbocycles. The van der Waals surface area contributed by atoms with Crippen LogP contribution in [0.2, 0.25) is 5.02 Å². The number of halogens is 6. The van der Waals surface area contributed by atoms with Crippen LogP contribution in [0.1, 0.15) is 11.1 Å². The van der Waals surface area contributed by atoms with Crippen LogP contribution in [0.25, 0.3) is 0 Å². The Balaban J connectivity index is 2.18. The van der Waals surface area contributed by atoms with Crippen LogP contribution in [0.5, 0.6) is 0 Å². The van der Waals surface area contributed by atoms with E-state index in [1.807, 2.05) is 0 Å². The van der Waals surface area contributed by atoms with Gasteiger partial charge >= 0.3 is 6.18 Å². The molecule has 0 atom stereocenters. The van der Waals surface area contributed by atoms with Crippen LogP contribution in [0.15, 0.2) is 40.9 Å². The number of hydrogen-bond acceptors (Lipinski definition) is 1. The molecule has 2 aromatic rings. The van der Waals surface area contributed by atoms with E-state index >= 15 is 0 Å². The highest BCUT2D eigenvalue weighted by atomic mass is 79.9. The van der Waals surface area contributed by atoms with Gasteiger partial charge in [0.15, 0.2) is 0 Å². The van der Waals surface area contributed by atoms with E-state index in [1.165, 1.54) is 0 Å². The van der Waals surface area contributed by atoms with Crippen LogP contribution in [0, 0.1) is 5.82 Å². The predicted molar refractivity (Wildman–Crippen MR) is 77.9 cm³/mol. The summed E-state index contributed by atoms with van der Waals surface area (Å²) in [6, 6.07) is 7.42. The molecule has 0 saturated carbocycles. The van der Waals surface area contributed by atoms with Crippen molar-refractivity contribution in [3.8, 4) is 0 Å². The normalized spacial score (nSPS) is 11.5. The molecule has 1 nitrogen and oxygen atoms in total. The molecule has 112 valence electrons. The lowest BCUT2D eigenvalue weighted by atomic mass is 10.1. The zero-order valence-corrected chi connectivity index (χ0v) is 12.8. The SMILES string of the molecule is Fc1cc(CNc2ccc(Cl)cc2Br)cc(C(F)(F)F)c1. The van der Waals surface area contributed by atoms with Gasteiger partial charge in [-0.05, 0) is 57.9 Å². The monoisotopic (exact) mass is 381 g/mol. The molecule has 2 aromatic carbocycles. The van der Waals surface area contributed by atoms with Crippen molar-refractivity contribution in [2.24, 2.45) is 0 Å². The molecular weight excluding hydrogens is 374 g/mol. The highest BCUT2D eigenvalue weighted by molar-refractivity contribution is 9.10. The topological polar surface area (TPSA) is 12.0 Å². The van der Waals surface area contributed by atoms with Gasteiger partial charge in [-0.25, -0.2) is 4.39 Å². The molecule has 0 amide bonds. The molecule has 21 heavy (non-hydrogen) atoms. The summed E-state index contributed by atoms with van der Waals surface area (Å²) in [5, 5.41) is 3.45. The second-order valence-corrected chi connectivity index (χ2v) is 5.61. The van der Waals surface area contributed by atoms with Crippen molar-refractivity contribution in [1.29, 1.82) is 0 Å². The number of rotatable bonds is 3. The van der Waals surface area contributed by atoms with Gasteiger partial charge in [-0.2, -0.15) is 13.2 Å². The molecule has 0 saturated heterocycles. The van der Waals surface area contributed by atoms with E-state index in [9.17, 15) is 17.6 Å². The Hall–Kier alpha value is -1.27. The first kappa shape index (κ1) is 16.1. The van der Waals surface area contributed by atoms with Gasteiger partial charge in [0.2, 0.25) is 0 Å². The van der Waals surface area contributed by atoms with E-state index < -0.39 is 17.6 Å². The van der Waals surface area contributed by atoms with Crippen molar-refractivity contribution >= 4 is 33.2 Å². The molecule has 0 aromatic heterocycles. The van der Waals surface area contributed by atoms with Crippen molar-refractivity contribution in [2.75, 3.05) is 5.32 Å². The quantitative estimate of drug-likeness (QED) is 0.654. The van der Waals surface area contributed by atoms with Crippen molar-refractivity contribution in [3.05, 3.63) is 62.8 Å². The van der Waals surface area contributed by atoms with E-state index in [-0.39, 0.29) is 12.1 Å². The molecule has 1 N–H and O–H groups in total. The summed E-state index contributed by atoms with van der Waals surface area (Å²) in [6.45, 7) is 0.0566. The number of anilines is 1. The summed E-state index contributed by atoms with van der Waals surface area (Å²) in [6.07, 6.45) is -4.57. The minimum absolute atomic E-state index is 0.0566. The lowest BCUT2D eigenvalue weighted by Gasteiger charge is -2.12. The number of benzene rings is 2. The Labute approximate surface area is 132 Å². The average molecular weight is 383 g/mol. The van der Waals surface area contributed by atoms with Crippen LogP contribution in [-0.4, -0.2) is 0 Å². The zero-order chi connectivity index (χ0) is 15.6. The third kappa shape index (κ3) is 4.35. The average Bonchev–Trinajstić information content (AvgIpc) is 2.36. The van der Waals surface area contributed by atoms with Gasteiger partial charge in [0.1, 0.15) is 5.82 Å². The fraction of sp³-hybridized carbons (Fsp3) is 0.143. The second kappa shape index (κ2) is 6.23. The summed E-state index contributed by atoms with van der Waals surface area (Å²) in [5.74, 6) is -0.920. The van der Waals surface area contributed by atoms with E-state index in [2.05, 4.69) is 21.2 Å². The minimum atomic E-state index is -4.57. The van der Waals surface area contributed by atoms with Crippen molar-refractivity contribution in [3.63, 3.8) is 0 Å². The van der Waals surface area contributed by atoms with Crippen LogP contribution in [0.4, 0.5) is 23.2 Å². The van der Waals surface area contributed by atoms with Crippen molar-refractivity contribution < 1.29 is 17.6 Å². The Kier molecular flexibility index (Phi) is 4.78. The molecule has 0 fully saturated rings. The first-order chi connectivity index (χ1) is 9.75. The third-order valence-corrected chi connectivity index (χ3v) is 3.59. The molecule has 0 heterocycles. The molecule has 0 aliphatic rings. The van der Waals surface area contributed by atoms with Gasteiger partial charge in [-0.15, -0.1) is 0 Å². The third-order valence-electron chi connectivity index (χ3n) is 2.70. The molecule has 0 bridgehead atoms.